The molecule has 2 unspecified atom stereocenters. The predicted molar refractivity (Wildman–Crippen MR) is 83.0 cm³/mol. The summed E-state index contributed by atoms with van der Waals surface area (Å²) in [5.41, 5.74) is 1.63. The second kappa shape index (κ2) is 7.78. The molecule has 0 heterocycles. The monoisotopic (exact) mass is 292 g/mol. The van der Waals surface area contributed by atoms with Crippen molar-refractivity contribution < 1.29 is 14.7 Å². The molecule has 0 saturated heterocycles. The van der Waals surface area contributed by atoms with Crippen molar-refractivity contribution >= 4 is 17.5 Å². The summed E-state index contributed by atoms with van der Waals surface area (Å²) in [7, 11) is 0. The summed E-state index contributed by atoms with van der Waals surface area (Å²) in [4.78, 5) is 23.8. The molecule has 116 valence electrons. The number of aliphatic hydroxyl groups is 1. The van der Waals surface area contributed by atoms with E-state index in [9.17, 15) is 9.59 Å². The van der Waals surface area contributed by atoms with Gasteiger partial charge in [-0.15, -0.1) is 0 Å². The van der Waals surface area contributed by atoms with Gasteiger partial charge in [-0.25, -0.2) is 0 Å². The van der Waals surface area contributed by atoms with Crippen LogP contribution in [0.5, 0.6) is 0 Å². The minimum Gasteiger partial charge on any atom is -0.396 e. The number of hydrogen-bond donors (Lipinski definition) is 3. The van der Waals surface area contributed by atoms with Crippen LogP contribution in [-0.4, -0.2) is 29.6 Å². The van der Waals surface area contributed by atoms with Crippen LogP contribution in [0.1, 0.15) is 39.2 Å². The smallest absolute Gasteiger partial charge is 0.313 e. The molecule has 0 fully saturated rings. The Hall–Kier alpha value is -1.88. The first kappa shape index (κ1) is 17.2. The predicted octanol–water partition coefficient (Wildman–Crippen LogP) is 1.88. The third kappa shape index (κ3) is 4.86. The summed E-state index contributed by atoms with van der Waals surface area (Å²) < 4.78 is 0. The van der Waals surface area contributed by atoms with Gasteiger partial charge in [-0.2, -0.15) is 0 Å². The molecule has 2 atom stereocenters. The molecule has 0 spiro atoms. The number of rotatable bonds is 5. The van der Waals surface area contributed by atoms with E-state index in [-0.39, 0.29) is 24.5 Å². The lowest BCUT2D eigenvalue weighted by atomic mass is 10.0. The Labute approximate surface area is 125 Å². The van der Waals surface area contributed by atoms with Crippen LogP contribution in [0.3, 0.4) is 0 Å². The van der Waals surface area contributed by atoms with E-state index in [1.165, 1.54) is 0 Å². The molecule has 2 amide bonds. The summed E-state index contributed by atoms with van der Waals surface area (Å²) in [6.07, 6.45) is 0. The highest BCUT2D eigenvalue weighted by Crippen LogP contribution is 2.23. The fourth-order valence-corrected chi connectivity index (χ4v) is 1.87. The number of carbonyl (C=O) groups excluding carboxylic acids is 2. The van der Waals surface area contributed by atoms with Crippen molar-refractivity contribution in [2.45, 2.75) is 39.7 Å². The number of aliphatic hydroxyl groups excluding tert-OH is 1. The fraction of sp³-hybridized carbons (Fsp3) is 0.500. The van der Waals surface area contributed by atoms with Gasteiger partial charge in [0.25, 0.3) is 0 Å². The Kier molecular flexibility index (Phi) is 6.37. The molecule has 1 aromatic carbocycles. The lowest BCUT2D eigenvalue weighted by molar-refractivity contribution is -0.136. The first-order valence-electron chi connectivity index (χ1n) is 7.18. The molecule has 5 nitrogen and oxygen atoms in total. The first-order valence-corrected chi connectivity index (χ1v) is 7.18. The van der Waals surface area contributed by atoms with Gasteiger partial charge < -0.3 is 15.7 Å². The van der Waals surface area contributed by atoms with Gasteiger partial charge in [0.1, 0.15) is 0 Å². The zero-order valence-corrected chi connectivity index (χ0v) is 13.0. The van der Waals surface area contributed by atoms with E-state index < -0.39 is 11.8 Å². The maximum absolute atomic E-state index is 11.9. The molecule has 0 bridgehead atoms. The number of para-hydroxylation sites is 1. The molecule has 0 aliphatic heterocycles. The Morgan fingerprint density at radius 3 is 2.29 bits per heavy atom. The van der Waals surface area contributed by atoms with E-state index in [1.54, 1.807) is 19.9 Å². The maximum Gasteiger partial charge on any atom is 0.313 e. The fourth-order valence-electron chi connectivity index (χ4n) is 1.87. The standard InChI is InChI=1S/C16H24N2O3/c1-10(2)13-7-5-6-8-14(13)18-16(21)15(20)17-12(4)11(3)9-19/h5-8,10-12,19H,9H2,1-4H3,(H,17,20)(H,18,21). The van der Waals surface area contributed by atoms with Crippen LogP contribution in [0.15, 0.2) is 24.3 Å². The van der Waals surface area contributed by atoms with Gasteiger partial charge in [0.15, 0.2) is 0 Å². The molecule has 5 heteroatoms. The molecule has 21 heavy (non-hydrogen) atoms. The second-order valence-corrected chi connectivity index (χ2v) is 5.62. The van der Waals surface area contributed by atoms with E-state index in [2.05, 4.69) is 10.6 Å². The van der Waals surface area contributed by atoms with E-state index in [1.807, 2.05) is 32.0 Å². The number of anilines is 1. The molecule has 0 aromatic heterocycles. The molecule has 0 aliphatic carbocycles. The van der Waals surface area contributed by atoms with Crippen molar-refractivity contribution in [2.24, 2.45) is 5.92 Å². The van der Waals surface area contributed by atoms with Gasteiger partial charge in [0.2, 0.25) is 0 Å². The van der Waals surface area contributed by atoms with Gasteiger partial charge >= 0.3 is 11.8 Å². The van der Waals surface area contributed by atoms with Crippen LogP contribution in [0.25, 0.3) is 0 Å². The number of nitrogens with one attached hydrogen (secondary N) is 2. The number of amides is 2. The van der Waals surface area contributed by atoms with Crippen molar-refractivity contribution in [3.8, 4) is 0 Å². The topological polar surface area (TPSA) is 78.4 Å². The van der Waals surface area contributed by atoms with Crippen LogP contribution >= 0.6 is 0 Å². The van der Waals surface area contributed by atoms with Crippen molar-refractivity contribution in [1.29, 1.82) is 0 Å². The SMILES string of the molecule is CC(C)c1ccccc1NC(=O)C(=O)NC(C)C(C)CO. The van der Waals surface area contributed by atoms with E-state index in [0.717, 1.165) is 5.56 Å². The van der Waals surface area contributed by atoms with Crippen LogP contribution < -0.4 is 10.6 Å². The summed E-state index contributed by atoms with van der Waals surface area (Å²) in [5.74, 6) is -1.25. The maximum atomic E-state index is 11.9. The lowest BCUT2D eigenvalue weighted by Crippen LogP contribution is -2.44. The highest BCUT2D eigenvalue weighted by atomic mass is 16.3. The normalized spacial score (nSPS) is 13.6. The minimum absolute atomic E-state index is 0.0424. The van der Waals surface area contributed by atoms with E-state index >= 15 is 0 Å². The molecule has 3 N–H and O–H groups in total. The molecule has 1 aromatic rings. The molecular formula is C16H24N2O3. The van der Waals surface area contributed by atoms with E-state index in [4.69, 9.17) is 5.11 Å². The average Bonchev–Trinajstić information content (AvgIpc) is 2.46. The number of benzene rings is 1. The Bertz CT molecular complexity index is 500. The van der Waals surface area contributed by atoms with Gasteiger partial charge in [-0.3, -0.25) is 9.59 Å². The Morgan fingerprint density at radius 1 is 1.10 bits per heavy atom. The van der Waals surface area contributed by atoms with Gasteiger partial charge in [0.05, 0.1) is 0 Å². The average molecular weight is 292 g/mol. The zero-order chi connectivity index (χ0) is 16.0. The highest BCUT2D eigenvalue weighted by Gasteiger charge is 2.20. The number of carbonyl (C=O) groups is 2. The first-order chi connectivity index (χ1) is 9.86. The lowest BCUT2D eigenvalue weighted by Gasteiger charge is -2.19. The van der Waals surface area contributed by atoms with Crippen LogP contribution in [0.2, 0.25) is 0 Å². The number of hydrogen-bond acceptors (Lipinski definition) is 3. The minimum atomic E-state index is -0.694. The highest BCUT2D eigenvalue weighted by molar-refractivity contribution is 6.39. The van der Waals surface area contributed by atoms with Gasteiger partial charge in [-0.1, -0.05) is 39.0 Å². The van der Waals surface area contributed by atoms with E-state index in [0.29, 0.717) is 5.69 Å². The van der Waals surface area contributed by atoms with Crippen molar-refractivity contribution in [3.05, 3.63) is 29.8 Å². The quantitative estimate of drug-likeness (QED) is 0.725. The Balaban J connectivity index is 2.71. The molecule has 1 rings (SSSR count). The second-order valence-electron chi connectivity index (χ2n) is 5.62. The largest absolute Gasteiger partial charge is 0.396 e. The summed E-state index contributed by atoms with van der Waals surface area (Å²) in [6.45, 7) is 7.57. The third-order valence-corrected chi connectivity index (χ3v) is 3.54. The molecule has 0 radical (unpaired) electrons. The zero-order valence-electron chi connectivity index (χ0n) is 13.0. The summed E-state index contributed by atoms with van der Waals surface area (Å²) in [6, 6.07) is 7.15. The van der Waals surface area contributed by atoms with Crippen molar-refractivity contribution in [3.63, 3.8) is 0 Å². The molecule has 0 saturated carbocycles. The van der Waals surface area contributed by atoms with Gasteiger partial charge in [0, 0.05) is 18.3 Å². The molecule has 0 aliphatic rings. The third-order valence-electron chi connectivity index (χ3n) is 3.54. The van der Waals surface area contributed by atoms with Crippen LogP contribution in [-0.2, 0) is 9.59 Å². The summed E-state index contributed by atoms with van der Waals surface area (Å²) >= 11 is 0. The Morgan fingerprint density at radius 2 is 1.71 bits per heavy atom. The van der Waals surface area contributed by atoms with Crippen molar-refractivity contribution in [1.82, 2.24) is 5.32 Å². The van der Waals surface area contributed by atoms with Crippen LogP contribution in [0, 0.1) is 5.92 Å². The van der Waals surface area contributed by atoms with Crippen LogP contribution in [0.4, 0.5) is 5.69 Å². The summed E-state index contributed by atoms with van der Waals surface area (Å²) in [5, 5.41) is 14.3. The molecular weight excluding hydrogens is 268 g/mol. The van der Waals surface area contributed by atoms with Crippen molar-refractivity contribution in [2.75, 3.05) is 11.9 Å². The van der Waals surface area contributed by atoms with Gasteiger partial charge in [-0.05, 0) is 30.4 Å².